The maximum atomic E-state index is 12.1. The van der Waals surface area contributed by atoms with Crippen LogP contribution < -0.4 is 11.1 Å². The minimum atomic E-state index is -1.02. The lowest BCUT2D eigenvalue weighted by Gasteiger charge is -2.30. The van der Waals surface area contributed by atoms with Crippen molar-refractivity contribution in [2.75, 3.05) is 6.54 Å². The molecule has 0 aliphatic heterocycles. The van der Waals surface area contributed by atoms with Crippen molar-refractivity contribution in [3.8, 4) is 0 Å². The fourth-order valence-electron chi connectivity index (χ4n) is 2.50. The topological polar surface area (TPSA) is 92.4 Å². The second-order valence-corrected chi connectivity index (χ2v) is 4.81. The van der Waals surface area contributed by atoms with Gasteiger partial charge < -0.3 is 16.2 Å². The predicted molar refractivity (Wildman–Crippen MR) is 68.9 cm³/mol. The number of nitrogens with one attached hydrogen (secondary N) is 1. The van der Waals surface area contributed by atoms with Gasteiger partial charge in [-0.2, -0.15) is 0 Å². The van der Waals surface area contributed by atoms with Gasteiger partial charge in [0.1, 0.15) is 6.04 Å². The Morgan fingerprint density at radius 3 is 2.67 bits per heavy atom. The van der Waals surface area contributed by atoms with Crippen LogP contribution in [0.3, 0.4) is 0 Å². The highest BCUT2D eigenvalue weighted by Crippen LogP contribution is 2.29. The van der Waals surface area contributed by atoms with E-state index in [0.717, 1.165) is 25.7 Å². The number of hydrogen-bond acceptors (Lipinski definition) is 3. The lowest BCUT2D eigenvalue weighted by molar-refractivity contribution is -0.143. The number of carbonyl (C=O) groups is 2. The number of carboxylic acids is 1. The zero-order valence-electron chi connectivity index (χ0n) is 10.6. The monoisotopic (exact) mass is 254 g/mol. The van der Waals surface area contributed by atoms with Gasteiger partial charge in [0.25, 0.3) is 0 Å². The minimum absolute atomic E-state index is 0.143. The molecule has 0 bridgehead atoms. The highest BCUT2D eigenvalue weighted by Gasteiger charge is 2.31. The molecule has 1 rings (SSSR count). The van der Waals surface area contributed by atoms with E-state index >= 15 is 0 Å². The summed E-state index contributed by atoms with van der Waals surface area (Å²) in [6, 6.07) is -0.879. The molecule has 1 fully saturated rings. The molecule has 0 radical (unpaired) electrons. The first-order valence-corrected chi connectivity index (χ1v) is 6.44. The number of carboxylic acid groups (broad SMARTS) is 1. The summed E-state index contributed by atoms with van der Waals surface area (Å²) < 4.78 is 0. The van der Waals surface area contributed by atoms with Crippen molar-refractivity contribution < 1.29 is 14.7 Å². The largest absolute Gasteiger partial charge is 0.480 e. The second-order valence-electron chi connectivity index (χ2n) is 4.81. The molecule has 1 aliphatic carbocycles. The highest BCUT2D eigenvalue weighted by atomic mass is 16.4. The molecule has 1 amide bonds. The third-order valence-electron chi connectivity index (χ3n) is 3.57. The Morgan fingerprint density at radius 2 is 2.11 bits per heavy atom. The Labute approximate surface area is 107 Å². The molecule has 0 aromatic rings. The summed E-state index contributed by atoms with van der Waals surface area (Å²) in [5.74, 6) is -1.17. The average Bonchev–Trinajstić information content (AvgIpc) is 2.37. The van der Waals surface area contributed by atoms with Crippen LogP contribution in [0.5, 0.6) is 0 Å². The Bertz CT molecular complexity index is 317. The molecule has 1 saturated carbocycles. The van der Waals surface area contributed by atoms with Crippen molar-refractivity contribution in [3.05, 3.63) is 12.7 Å². The van der Waals surface area contributed by atoms with E-state index < -0.39 is 12.0 Å². The fraction of sp³-hybridized carbons (Fsp3) is 0.692. The van der Waals surface area contributed by atoms with Gasteiger partial charge >= 0.3 is 5.97 Å². The fourth-order valence-corrected chi connectivity index (χ4v) is 2.50. The van der Waals surface area contributed by atoms with Crippen LogP contribution in [0.4, 0.5) is 0 Å². The van der Waals surface area contributed by atoms with Gasteiger partial charge in [-0.3, -0.25) is 4.79 Å². The van der Waals surface area contributed by atoms with Crippen molar-refractivity contribution in [1.82, 2.24) is 5.32 Å². The van der Waals surface area contributed by atoms with Crippen molar-refractivity contribution >= 4 is 11.9 Å². The summed E-state index contributed by atoms with van der Waals surface area (Å²) in [5, 5.41) is 11.6. The number of amides is 1. The predicted octanol–water partition coefficient (Wildman–Crippen LogP) is 0.897. The van der Waals surface area contributed by atoms with E-state index in [4.69, 9.17) is 10.8 Å². The Balaban J connectivity index is 2.61. The maximum Gasteiger partial charge on any atom is 0.326 e. The molecule has 0 heterocycles. The van der Waals surface area contributed by atoms with Crippen molar-refractivity contribution in [1.29, 1.82) is 0 Å². The third kappa shape index (κ3) is 3.84. The van der Waals surface area contributed by atoms with Gasteiger partial charge in [-0.1, -0.05) is 18.9 Å². The quantitative estimate of drug-likeness (QED) is 0.614. The molecule has 18 heavy (non-hydrogen) atoms. The van der Waals surface area contributed by atoms with Gasteiger partial charge in [-0.15, -0.1) is 6.58 Å². The summed E-state index contributed by atoms with van der Waals surface area (Å²) in [6.07, 6.45) is 5.60. The smallest absolute Gasteiger partial charge is 0.326 e. The molecule has 1 aliphatic rings. The zero-order valence-corrected chi connectivity index (χ0v) is 10.6. The molecule has 3 atom stereocenters. The Morgan fingerprint density at radius 1 is 1.44 bits per heavy atom. The van der Waals surface area contributed by atoms with Crippen LogP contribution >= 0.6 is 0 Å². The van der Waals surface area contributed by atoms with E-state index in [-0.39, 0.29) is 24.2 Å². The molecular formula is C13H22N2O3. The first-order valence-electron chi connectivity index (χ1n) is 6.44. The van der Waals surface area contributed by atoms with Crippen LogP contribution in [0.15, 0.2) is 12.7 Å². The molecule has 3 unspecified atom stereocenters. The Hall–Kier alpha value is -1.36. The first kappa shape index (κ1) is 14.7. The van der Waals surface area contributed by atoms with Crippen LogP contribution in [-0.4, -0.2) is 29.6 Å². The standard InChI is InChI=1S/C13H22N2O3/c1-2-5-11(13(17)18)15-12(16)10-7-4-3-6-9(10)8-14/h2,9-11H,1,3-8,14H2,(H,15,16)(H,17,18). The van der Waals surface area contributed by atoms with Gasteiger partial charge in [-0.05, 0) is 31.7 Å². The van der Waals surface area contributed by atoms with E-state index in [1.54, 1.807) is 0 Å². The molecule has 5 nitrogen and oxygen atoms in total. The molecule has 0 aromatic carbocycles. The molecule has 0 saturated heterocycles. The number of carbonyl (C=O) groups excluding carboxylic acids is 1. The average molecular weight is 254 g/mol. The lowest BCUT2D eigenvalue weighted by atomic mass is 9.78. The van der Waals surface area contributed by atoms with Gasteiger partial charge in [0.2, 0.25) is 5.91 Å². The summed E-state index contributed by atoms with van der Waals surface area (Å²) >= 11 is 0. The summed E-state index contributed by atoms with van der Waals surface area (Å²) in [5.41, 5.74) is 5.67. The van der Waals surface area contributed by atoms with E-state index in [0.29, 0.717) is 6.54 Å². The normalized spacial score (nSPS) is 25.2. The van der Waals surface area contributed by atoms with Crippen molar-refractivity contribution in [3.63, 3.8) is 0 Å². The molecule has 5 heteroatoms. The molecular weight excluding hydrogens is 232 g/mol. The van der Waals surface area contributed by atoms with Gasteiger partial charge in [0.15, 0.2) is 0 Å². The molecule has 102 valence electrons. The molecule has 0 aromatic heterocycles. The molecule has 4 N–H and O–H groups in total. The zero-order chi connectivity index (χ0) is 13.5. The second kappa shape index (κ2) is 7.16. The summed E-state index contributed by atoms with van der Waals surface area (Å²) in [7, 11) is 0. The number of hydrogen-bond donors (Lipinski definition) is 3. The molecule has 0 spiro atoms. The summed E-state index contributed by atoms with van der Waals surface area (Å²) in [6.45, 7) is 3.98. The number of nitrogens with two attached hydrogens (primary N) is 1. The first-order chi connectivity index (χ1) is 8.60. The van der Waals surface area contributed by atoms with Crippen LogP contribution in [0.1, 0.15) is 32.1 Å². The van der Waals surface area contributed by atoms with Crippen molar-refractivity contribution in [2.45, 2.75) is 38.1 Å². The van der Waals surface area contributed by atoms with E-state index in [1.165, 1.54) is 6.08 Å². The van der Waals surface area contributed by atoms with Gasteiger partial charge in [0, 0.05) is 5.92 Å². The van der Waals surface area contributed by atoms with E-state index in [9.17, 15) is 9.59 Å². The van der Waals surface area contributed by atoms with Crippen LogP contribution in [0, 0.1) is 11.8 Å². The van der Waals surface area contributed by atoms with Crippen LogP contribution in [0.25, 0.3) is 0 Å². The van der Waals surface area contributed by atoms with Crippen molar-refractivity contribution in [2.24, 2.45) is 17.6 Å². The van der Waals surface area contributed by atoms with Gasteiger partial charge in [-0.25, -0.2) is 4.79 Å². The SMILES string of the molecule is C=CCC(NC(=O)C1CCCCC1CN)C(=O)O. The third-order valence-corrected chi connectivity index (χ3v) is 3.57. The van der Waals surface area contributed by atoms with Crippen LogP contribution in [-0.2, 0) is 9.59 Å². The maximum absolute atomic E-state index is 12.1. The Kier molecular flexibility index (Phi) is 5.85. The number of aliphatic carboxylic acids is 1. The van der Waals surface area contributed by atoms with E-state index in [2.05, 4.69) is 11.9 Å². The summed E-state index contributed by atoms with van der Waals surface area (Å²) in [4.78, 5) is 23.1. The minimum Gasteiger partial charge on any atom is -0.480 e. The lowest BCUT2D eigenvalue weighted by Crippen LogP contribution is -2.46. The van der Waals surface area contributed by atoms with E-state index in [1.807, 2.05) is 0 Å². The number of rotatable bonds is 6. The highest BCUT2D eigenvalue weighted by molar-refractivity contribution is 5.85. The van der Waals surface area contributed by atoms with Crippen LogP contribution in [0.2, 0.25) is 0 Å². The van der Waals surface area contributed by atoms with Gasteiger partial charge in [0.05, 0.1) is 0 Å².